The fraction of sp³-hybridized carbons (Fsp3) is 0.854. The third-order valence-corrected chi connectivity index (χ3v) is 11.4. The van der Waals surface area contributed by atoms with Gasteiger partial charge in [0.2, 0.25) is 5.91 Å². The second-order valence-corrected chi connectivity index (χ2v) is 16.8. The maximum Gasteiger partial charge on any atom is 0.249 e. The van der Waals surface area contributed by atoms with Crippen molar-refractivity contribution in [3.05, 3.63) is 36.5 Å². The third-order valence-electron chi connectivity index (χ3n) is 11.4. The van der Waals surface area contributed by atoms with Crippen LogP contribution in [-0.4, -0.2) is 110 Å². The van der Waals surface area contributed by atoms with Gasteiger partial charge in [-0.05, 0) is 57.8 Å². The molecule has 1 saturated heterocycles. The van der Waals surface area contributed by atoms with Gasteiger partial charge in [-0.1, -0.05) is 172 Å². The molecule has 0 aromatic rings. The number of allylic oxidation sites excluding steroid dienone is 6. The van der Waals surface area contributed by atoms with Gasteiger partial charge in [0.15, 0.2) is 6.29 Å². The molecule has 1 rings (SSSR count). The van der Waals surface area contributed by atoms with Crippen molar-refractivity contribution in [2.45, 2.75) is 249 Å². The van der Waals surface area contributed by atoms with Gasteiger partial charge in [-0.15, -0.1) is 0 Å². The van der Waals surface area contributed by atoms with Crippen molar-refractivity contribution in [1.82, 2.24) is 5.32 Å². The molecule has 0 aromatic heterocycles. The number of aliphatic hydroxyl groups excluding tert-OH is 7. The molecule has 1 amide bonds. The van der Waals surface area contributed by atoms with Crippen molar-refractivity contribution < 1.29 is 50.0 Å². The highest BCUT2D eigenvalue weighted by atomic mass is 16.7. The minimum atomic E-state index is -1.67. The topological polar surface area (TPSA) is 189 Å². The molecular formula is C48H89NO10. The van der Waals surface area contributed by atoms with Gasteiger partial charge in [0.25, 0.3) is 0 Å². The number of nitrogens with one attached hydrogen (secondary N) is 1. The summed E-state index contributed by atoms with van der Waals surface area (Å²) in [6.45, 7) is 3.35. The Balaban J connectivity index is 2.45. The molecule has 0 saturated carbocycles. The highest BCUT2D eigenvalue weighted by Gasteiger charge is 2.44. The van der Waals surface area contributed by atoms with E-state index in [1.807, 2.05) is 0 Å². The van der Waals surface area contributed by atoms with E-state index >= 15 is 0 Å². The van der Waals surface area contributed by atoms with Crippen molar-refractivity contribution in [2.75, 3.05) is 13.2 Å². The molecule has 8 N–H and O–H groups in total. The van der Waals surface area contributed by atoms with Gasteiger partial charge in [0.05, 0.1) is 25.4 Å². The summed E-state index contributed by atoms with van der Waals surface area (Å²) in [7, 11) is 0. The van der Waals surface area contributed by atoms with Gasteiger partial charge >= 0.3 is 0 Å². The number of amides is 1. The SMILES string of the molecule is CCC/C=C/CC/C=C/CC/C=C/CCCC(O)C(O)C(COC1OC(CO)C(O)C(O)C1O)NC(=O)C(O)CCCCCCCCCCCCCCCCCCCC. The molecule has 1 heterocycles. The molecule has 1 fully saturated rings. The Labute approximate surface area is 358 Å². The number of aliphatic hydroxyl groups is 7. The van der Waals surface area contributed by atoms with Crippen LogP contribution in [0.5, 0.6) is 0 Å². The zero-order valence-electron chi connectivity index (χ0n) is 37.2. The van der Waals surface area contributed by atoms with Gasteiger partial charge in [-0.2, -0.15) is 0 Å². The first-order valence-electron chi connectivity index (χ1n) is 23.9. The quantitative estimate of drug-likeness (QED) is 0.0223. The standard InChI is InChI=1S/C48H89NO10/c1-3-5-7-9-11-13-15-17-19-20-21-22-24-26-28-30-32-34-36-41(52)47(57)49-39(38-58-48-46(56)45(55)44(54)42(37-50)59-48)43(53)40(51)35-33-31-29-27-25-23-18-16-14-12-10-8-6-4-2/h8,10,16,18,27,29,39-46,48,50-56H,3-7,9,11-15,17,19-26,28,30-38H2,1-2H3,(H,49,57)/b10-8+,18-16+,29-27+. The summed E-state index contributed by atoms with van der Waals surface area (Å²) in [4.78, 5) is 13.1. The maximum absolute atomic E-state index is 13.1. The normalized spacial score (nSPS) is 22.1. The molecule has 0 aliphatic carbocycles. The largest absolute Gasteiger partial charge is 0.394 e. The Kier molecular flexibility index (Phi) is 35.7. The molecule has 9 atom stereocenters. The van der Waals surface area contributed by atoms with Crippen LogP contribution in [0.25, 0.3) is 0 Å². The summed E-state index contributed by atoms with van der Waals surface area (Å²) >= 11 is 0. The summed E-state index contributed by atoms with van der Waals surface area (Å²) in [6.07, 6.45) is 31.9. The number of hydrogen-bond acceptors (Lipinski definition) is 10. The molecule has 0 spiro atoms. The van der Waals surface area contributed by atoms with Crippen molar-refractivity contribution in [3.63, 3.8) is 0 Å². The van der Waals surface area contributed by atoms with Crippen LogP contribution in [0.4, 0.5) is 0 Å². The summed E-state index contributed by atoms with van der Waals surface area (Å²) in [6, 6.07) is -1.19. The van der Waals surface area contributed by atoms with Crippen molar-refractivity contribution >= 4 is 5.91 Å². The smallest absolute Gasteiger partial charge is 0.249 e. The van der Waals surface area contributed by atoms with Crippen LogP contribution in [0.15, 0.2) is 36.5 Å². The minimum Gasteiger partial charge on any atom is -0.394 e. The maximum atomic E-state index is 13.1. The van der Waals surface area contributed by atoms with E-state index in [9.17, 15) is 40.5 Å². The van der Waals surface area contributed by atoms with E-state index in [-0.39, 0.29) is 12.8 Å². The fourth-order valence-corrected chi connectivity index (χ4v) is 7.42. The highest BCUT2D eigenvalue weighted by molar-refractivity contribution is 5.80. The van der Waals surface area contributed by atoms with E-state index in [1.165, 1.54) is 96.3 Å². The van der Waals surface area contributed by atoms with E-state index in [4.69, 9.17) is 9.47 Å². The number of ether oxygens (including phenoxy) is 2. The number of rotatable bonds is 39. The van der Waals surface area contributed by atoms with Crippen LogP contribution in [0.2, 0.25) is 0 Å². The zero-order chi connectivity index (χ0) is 43.4. The number of hydrogen-bond donors (Lipinski definition) is 8. The molecule has 0 radical (unpaired) electrons. The molecule has 0 bridgehead atoms. The van der Waals surface area contributed by atoms with E-state index in [2.05, 4.69) is 55.6 Å². The summed E-state index contributed by atoms with van der Waals surface area (Å²) in [5.74, 6) is -0.712. The molecule has 11 nitrogen and oxygen atoms in total. The molecule has 346 valence electrons. The van der Waals surface area contributed by atoms with Crippen molar-refractivity contribution in [3.8, 4) is 0 Å². The molecular weight excluding hydrogens is 751 g/mol. The molecule has 11 heteroatoms. The second-order valence-electron chi connectivity index (χ2n) is 16.8. The fourth-order valence-electron chi connectivity index (χ4n) is 7.42. The first kappa shape index (κ1) is 55.3. The Bertz CT molecular complexity index is 1050. The van der Waals surface area contributed by atoms with Gasteiger partial charge in [-0.3, -0.25) is 4.79 Å². The first-order chi connectivity index (χ1) is 28.7. The van der Waals surface area contributed by atoms with E-state index in [0.717, 1.165) is 51.4 Å². The van der Waals surface area contributed by atoms with Crippen LogP contribution in [0.1, 0.15) is 194 Å². The lowest BCUT2D eigenvalue weighted by Gasteiger charge is -2.40. The predicted molar refractivity (Wildman–Crippen MR) is 238 cm³/mol. The third kappa shape index (κ3) is 27.8. The average Bonchev–Trinajstić information content (AvgIpc) is 3.23. The minimum absolute atomic E-state index is 0.241. The molecule has 1 aliphatic rings. The van der Waals surface area contributed by atoms with Crippen molar-refractivity contribution in [1.29, 1.82) is 0 Å². The Morgan fingerprint density at radius 1 is 0.576 bits per heavy atom. The van der Waals surface area contributed by atoms with Crippen LogP contribution in [0.3, 0.4) is 0 Å². The molecule has 59 heavy (non-hydrogen) atoms. The lowest BCUT2D eigenvalue weighted by Crippen LogP contribution is -2.60. The Hall–Kier alpha value is -1.67. The van der Waals surface area contributed by atoms with Crippen molar-refractivity contribution in [2.24, 2.45) is 0 Å². The molecule has 9 unspecified atom stereocenters. The van der Waals surface area contributed by atoms with Crippen LogP contribution in [0, 0.1) is 0 Å². The number of carbonyl (C=O) groups is 1. The first-order valence-corrected chi connectivity index (χ1v) is 23.9. The van der Waals surface area contributed by atoms with E-state index in [1.54, 1.807) is 0 Å². The monoisotopic (exact) mass is 840 g/mol. The Morgan fingerprint density at radius 2 is 1.03 bits per heavy atom. The lowest BCUT2D eigenvalue weighted by molar-refractivity contribution is -0.303. The highest BCUT2D eigenvalue weighted by Crippen LogP contribution is 2.23. The summed E-state index contributed by atoms with van der Waals surface area (Å²) in [5.41, 5.74) is 0. The van der Waals surface area contributed by atoms with Gasteiger partial charge in [0, 0.05) is 0 Å². The number of carbonyl (C=O) groups excluding carboxylic acids is 1. The summed E-state index contributed by atoms with van der Waals surface area (Å²) < 4.78 is 11.1. The van der Waals surface area contributed by atoms with E-state index < -0.39 is 74.2 Å². The van der Waals surface area contributed by atoms with Gasteiger partial charge in [0.1, 0.15) is 36.6 Å². The van der Waals surface area contributed by atoms with Crippen LogP contribution in [-0.2, 0) is 14.3 Å². The van der Waals surface area contributed by atoms with E-state index in [0.29, 0.717) is 19.3 Å². The zero-order valence-corrected chi connectivity index (χ0v) is 37.2. The Morgan fingerprint density at radius 3 is 1.51 bits per heavy atom. The van der Waals surface area contributed by atoms with Crippen LogP contribution >= 0.6 is 0 Å². The van der Waals surface area contributed by atoms with Crippen LogP contribution < -0.4 is 5.32 Å². The lowest BCUT2D eigenvalue weighted by atomic mass is 9.98. The average molecular weight is 840 g/mol. The number of unbranched alkanes of at least 4 members (excludes halogenated alkanes) is 21. The summed E-state index contributed by atoms with van der Waals surface area (Å²) in [5, 5.41) is 75.6. The van der Waals surface area contributed by atoms with Gasteiger partial charge in [-0.25, -0.2) is 0 Å². The predicted octanol–water partition coefficient (Wildman–Crippen LogP) is 8.00. The second kappa shape index (κ2) is 38.0. The molecule has 1 aliphatic heterocycles. The molecule has 0 aromatic carbocycles. The van der Waals surface area contributed by atoms with Gasteiger partial charge < -0.3 is 50.5 Å².